The van der Waals surface area contributed by atoms with Crippen molar-refractivity contribution in [3.8, 4) is 16.9 Å². The van der Waals surface area contributed by atoms with Crippen molar-refractivity contribution in [2.75, 3.05) is 14.2 Å². The summed E-state index contributed by atoms with van der Waals surface area (Å²) >= 11 is 8.23. The Kier molecular flexibility index (Phi) is 7.51. The van der Waals surface area contributed by atoms with E-state index in [0.717, 1.165) is 58.2 Å². The van der Waals surface area contributed by atoms with Crippen LogP contribution in [0.1, 0.15) is 40.9 Å². The SMILES string of the molecule is CNC1CCC(N(Cc2cc(-c3cncnc3)ccc2OC)C(=O)c2sc3ccccc3c2Cl)CC1. The minimum Gasteiger partial charge on any atom is -0.496 e. The molecular formula is C28H29ClN4O2S. The molecule has 5 rings (SSSR count). The van der Waals surface area contributed by atoms with Gasteiger partial charge in [-0.25, -0.2) is 9.97 Å². The molecule has 1 aliphatic carbocycles. The van der Waals surface area contributed by atoms with E-state index in [1.165, 1.54) is 17.7 Å². The maximum atomic E-state index is 14.1. The molecule has 0 unspecified atom stereocenters. The highest BCUT2D eigenvalue weighted by Gasteiger charge is 2.32. The Balaban J connectivity index is 1.53. The maximum absolute atomic E-state index is 14.1. The van der Waals surface area contributed by atoms with Gasteiger partial charge in [-0.1, -0.05) is 35.9 Å². The average Bonchev–Trinajstić information content (AvgIpc) is 3.28. The molecule has 2 aromatic heterocycles. The second-order valence-electron chi connectivity index (χ2n) is 9.12. The van der Waals surface area contributed by atoms with Crippen LogP contribution in [0.5, 0.6) is 5.75 Å². The number of benzene rings is 2. The van der Waals surface area contributed by atoms with E-state index in [1.54, 1.807) is 19.5 Å². The minimum absolute atomic E-state index is 0.0235. The predicted molar refractivity (Wildman–Crippen MR) is 146 cm³/mol. The summed E-state index contributed by atoms with van der Waals surface area (Å²) in [4.78, 5) is 25.0. The van der Waals surface area contributed by atoms with Gasteiger partial charge in [0.2, 0.25) is 0 Å². The van der Waals surface area contributed by atoms with E-state index < -0.39 is 0 Å². The lowest BCUT2D eigenvalue weighted by molar-refractivity contribution is 0.0604. The second kappa shape index (κ2) is 10.9. The molecule has 4 aromatic rings. The molecule has 0 radical (unpaired) electrons. The van der Waals surface area contributed by atoms with Crippen molar-refractivity contribution in [3.63, 3.8) is 0 Å². The monoisotopic (exact) mass is 520 g/mol. The molecule has 0 saturated heterocycles. The van der Waals surface area contributed by atoms with Crippen molar-refractivity contribution >= 4 is 38.9 Å². The van der Waals surface area contributed by atoms with E-state index in [-0.39, 0.29) is 11.9 Å². The molecule has 36 heavy (non-hydrogen) atoms. The van der Waals surface area contributed by atoms with Crippen LogP contribution >= 0.6 is 22.9 Å². The van der Waals surface area contributed by atoms with Gasteiger partial charge in [0.15, 0.2) is 0 Å². The Bertz CT molecular complexity index is 1350. The normalized spacial score (nSPS) is 17.8. The highest BCUT2D eigenvalue weighted by molar-refractivity contribution is 7.21. The predicted octanol–water partition coefficient (Wildman–Crippen LogP) is 6.19. The molecule has 6 nitrogen and oxygen atoms in total. The summed E-state index contributed by atoms with van der Waals surface area (Å²) in [6.07, 6.45) is 9.04. The van der Waals surface area contributed by atoms with Crippen molar-refractivity contribution in [2.24, 2.45) is 0 Å². The number of nitrogens with zero attached hydrogens (tertiary/aromatic N) is 3. The number of fused-ring (bicyclic) bond motifs is 1. The average molecular weight is 521 g/mol. The van der Waals surface area contributed by atoms with Gasteiger partial charge in [-0.15, -0.1) is 11.3 Å². The number of hydrogen-bond acceptors (Lipinski definition) is 6. The fourth-order valence-corrected chi connectivity index (χ4v) is 6.51. The van der Waals surface area contributed by atoms with Crippen LogP contribution in [0.4, 0.5) is 0 Å². The number of nitrogens with one attached hydrogen (secondary N) is 1. The third-order valence-corrected chi connectivity index (χ3v) is 8.71. The zero-order valence-electron chi connectivity index (χ0n) is 20.4. The summed E-state index contributed by atoms with van der Waals surface area (Å²) in [5.74, 6) is 0.726. The van der Waals surface area contributed by atoms with Crippen molar-refractivity contribution in [3.05, 3.63) is 76.6 Å². The lowest BCUT2D eigenvalue weighted by Crippen LogP contribution is -2.44. The Morgan fingerprint density at radius 3 is 2.56 bits per heavy atom. The Morgan fingerprint density at radius 1 is 1.11 bits per heavy atom. The van der Waals surface area contributed by atoms with E-state index >= 15 is 0 Å². The van der Waals surface area contributed by atoms with Crippen LogP contribution in [0.25, 0.3) is 21.2 Å². The molecule has 2 heterocycles. The number of rotatable bonds is 7. The number of hydrogen-bond donors (Lipinski definition) is 1. The van der Waals surface area contributed by atoms with E-state index in [2.05, 4.69) is 21.4 Å². The number of ether oxygens (including phenoxy) is 1. The number of halogens is 1. The highest BCUT2D eigenvalue weighted by atomic mass is 35.5. The standard InChI is InChI=1S/C28H29ClN4O2S/c1-30-21-8-10-22(11-9-21)33(28(34)27-26(29)23-5-3-4-6-25(23)36-27)16-19-13-18(7-12-24(19)35-2)20-14-31-17-32-15-20/h3-7,12-15,17,21-22,30H,8-11,16H2,1-2H3. The minimum atomic E-state index is -0.0235. The van der Waals surface area contributed by atoms with Crippen LogP contribution in [0, 0.1) is 0 Å². The van der Waals surface area contributed by atoms with Crippen molar-refractivity contribution in [1.29, 1.82) is 0 Å². The molecule has 1 fully saturated rings. The fourth-order valence-electron chi connectivity index (χ4n) is 5.04. The van der Waals surface area contributed by atoms with Crippen molar-refractivity contribution in [2.45, 2.75) is 44.3 Å². The second-order valence-corrected chi connectivity index (χ2v) is 10.6. The number of carbonyl (C=O) groups is 1. The van der Waals surface area contributed by atoms with E-state index in [0.29, 0.717) is 22.5 Å². The Hall–Kier alpha value is -3.00. The van der Waals surface area contributed by atoms with Gasteiger partial charge in [0.1, 0.15) is 17.0 Å². The topological polar surface area (TPSA) is 67.3 Å². The zero-order chi connectivity index (χ0) is 25.1. The van der Waals surface area contributed by atoms with Crippen LogP contribution in [-0.4, -0.2) is 47.0 Å². The van der Waals surface area contributed by atoms with Crippen LogP contribution in [0.3, 0.4) is 0 Å². The fraction of sp³-hybridized carbons (Fsp3) is 0.321. The first kappa shape index (κ1) is 24.7. The molecule has 8 heteroatoms. The third-order valence-electron chi connectivity index (χ3n) is 7.05. The first-order valence-corrected chi connectivity index (χ1v) is 13.4. The van der Waals surface area contributed by atoms with Crippen molar-refractivity contribution in [1.82, 2.24) is 20.2 Å². The van der Waals surface area contributed by atoms with Crippen LogP contribution < -0.4 is 10.1 Å². The van der Waals surface area contributed by atoms with Gasteiger partial charge in [-0.3, -0.25) is 4.79 Å². The van der Waals surface area contributed by atoms with E-state index in [1.807, 2.05) is 48.3 Å². The molecule has 1 saturated carbocycles. The molecule has 0 spiro atoms. The van der Waals surface area contributed by atoms with Crippen molar-refractivity contribution < 1.29 is 9.53 Å². The van der Waals surface area contributed by atoms with Gasteiger partial charge < -0.3 is 15.0 Å². The maximum Gasteiger partial charge on any atom is 0.266 e. The number of methoxy groups -OCH3 is 1. The molecule has 0 atom stereocenters. The van der Waals surface area contributed by atoms with Crippen LogP contribution in [-0.2, 0) is 6.54 Å². The van der Waals surface area contributed by atoms with Gasteiger partial charge in [0.05, 0.1) is 12.1 Å². The summed E-state index contributed by atoms with van der Waals surface area (Å²) < 4.78 is 6.74. The summed E-state index contributed by atoms with van der Waals surface area (Å²) in [6.45, 7) is 0.434. The Labute approximate surface area is 220 Å². The number of aromatic nitrogens is 2. The van der Waals surface area contributed by atoms with Gasteiger partial charge in [-0.2, -0.15) is 0 Å². The zero-order valence-corrected chi connectivity index (χ0v) is 22.0. The van der Waals surface area contributed by atoms with E-state index in [4.69, 9.17) is 16.3 Å². The Morgan fingerprint density at radius 2 is 1.86 bits per heavy atom. The van der Waals surface area contributed by atoms with E-state index in [9.17, 15) is 4.79 Å². The summed E-state index contributed by atoms with van der Waals surface area (Å²) in [5, 5.41) is 4.85. The van der Waals surface area contributed by atoms with Gasteiger partial charge in [-0.05, 0) is 56.5 Å². The molecule has 0 aliphatic heterocycles. The number of thiophene rings is 1. The molecule has 1 aliphatic rings. The first-order valence-electron chi connectivity index (χ1n) is 12.2. The molecular weight excluding hydrogens is 492 g/mol. The lowest BCUT2D eigenvalue weighted by atomic mass is 9.89. The van der Waals surface area contributed by atoms with Gasteiger partial charge >= 0.3 is 0 Å². The van der Waals surface area contributed by atoms with Crippen LogP contribution in [0.2, 0.25) is 5.02 Å². The largest absolute Gasteiger partial charge is 0.496 e. The number of amides is 1. The quantitative estimate of drug-likeness (QED) is 0.314. The molecule has 1 amide bonds. The summed E-state index contributed by atoms with van der Waals surface area (Å²) in [7, 11) is 3.67. The van der Waals surface area contributed by atoms with Gasteiger partial charge in [0.25, 0.3) is 5.91 Å². The molecule has 186 valence electrons. The number of carbonyl (C=O) groups excluding carboxylic acids is 1. The molecule has 1 N–H and O–H groups in total. The summed E-state index contributed by atoms with van der Waals surface area (Å²) in [6, 6.07) is 14.5. The third kappa shape index (κ3) is 4.96. The molecule has 0 bridgehead atoms. The summed E-state index contributed by atoms with van der Waals surface area (Å²) in [5.41, 5.74) is 2.85. The highest BCUT2D eigenvalue weighted by Crippen LogP contribution is 2.38. The van der Waals surface area contributed by atoms with Crippen LogP contribution in [0.15, 0.2) is 61.2 Å². The van der Waals surface area contributed by atoms with Gasteiger partial charge in [0, 0.05) is 52.2 Å². The molecule has 2 aromatic carbocycles. The smallest absolute Gasteiger partial charge is 0.266 e. The lowest BCUT2D eigenvalue weighted by Gasteiger charge is -2.37. The first-order chi connectivity index (χ1) is 17.6.